The van der Waals surface area contributed by atoms with E-state index < -0.39 is 0 Å². The average molecular weight is 254 g/mol. The van der Waals surface area contributed by atoms with Gasteiger partial charge in [-0.05, 0) is 37.2 Å². The molecule has 0 spiro atoms. The van der Waals surface area contributed by atoms with Crippen molar-refractivity contribution in [1.29, 1.82) is 0 Å². The Bertz CT molecular complexity index is 500. The van der Waals surface area contributed by atoms with Gasteiger partial charge in [-0.1, -0.05) is 42.0 Å². The molecule has 0 bridgehead atoms. The second-order valence-corrected chi connectivity index (χ2v) is 5.10. The Kier molecular flexibility index (Phi) is 4.58. The topological polar surface area (TPSA) is 15.3 Å². The Hall–Kier alpha value is -1.80. The lowest BCUT2D eigenvalue weighted by molar-refractivity contribution is 0.319. The molecule has 0 aromatic heterocycles. The first kappa shape index (κ1) is 13.6. The van der Waals surface area contributed by atoms with Crippen molar-refractivity contribution < 1.29 is 0 Å². The Labute approximate surface area is 116 Å². The molecule has 2 rings (SSSR count). The molecule has 0 amide bonds. The van der Waals surface area contributed by atoms with Gasteiger partial charge >= 0.3 is 0 Å². The first-order valence-electron chi connectivity index (χ1n) is 6.68. The minimum Gasteiger partial charge on any atom is -0.388 e. The molecule has 1 N–H and O–H groups in total. The van der Waals surface area contributed by atoms with E-state index in [2.05, 4.69) is 72.7 Å². The van der Waals surface area contributed by atoms with Crippen LogP contribution in [0.1, 0.15) is 16.7 Å². The van der Waals surface area contributed by atoms with Crippen molar-refractivity contribution >= 4 is 5.69 Å². The number of rotatable bonds is 5. The quantitative estimate of drug-likeness (QED) is 0.876. The summed E-state index contributed by atoms with van der Waals surface area (Å²) in [4.78, 5) is 2.33. The molecule has 0 heterocycles. The smallest absolute Gasteiger partial charge is 0.0337 e. The molecular weight excluding hydrogens is 232 g/mol. The van der Waals surface area contributed by atoms with E-state index in [0.29, 0.717) is 0 Å². The molecule has 0 aliphatic carbocycles. The van der Waals surface area contributed by atoms with Crippen LogP contribution < -0.4 is 5.32 Å². The summed E-state index contributed by atoms with van der Waals surface area (Å²) < 4.78 is 0. The summed E-state index contributed by atoms with van der Waals surface area (Å²) in [6.45, 7) is 4.07. The molecular formula is C17H22N2. The molecule has 2 aromatic carbocycles. The number of aryl methyl sites for hydroxylation is 1. The molecule has 2 nitrogen and oxygen atoms in total. The Morgan fingerprint density at radius 1 is 0.842 bits per heavy atom. The number of nitrogens with one attached hydrogen (secondary N) is 1. The average Bonchev–Trinajstić information content (AvgIpc) is 2.42. The van der Waals surface area contributed by atoms with Gasteiger partial charge in [0.1, 0.15) is 0 Å². The maximum atomic E-state index is 3.14. The fourth-order valence-electron chi connectivity index (χ4n) is 2.15. The minimum absolute atomic E-state index is 0.970. The first-order chi connectivity index (χ1) is 9.17. The Morgan fingerprint density at radius 3 is 1.79 bits per heavy atom. The summed E-state index contributed by atoms with van der Waals surface area (Å²) >= 11 is 0. The van der Waals surface area contributed by atoms with Gasteiger partial charge in [-0.3, -0.25) is 4.90 Å². The van der Waals surface area contributed by atoms with E-state index in [1.54, 1.807) is 0 Å². The summed E-state index contributed by atoms with van der Waals surface area (Å²) in [5, 5.41) is 3.14. The maximum Gasteiger partial charge on any atom is 0.0337 e. The lowest BCUT2D eigenvalue weighted by Crippen LogP contribution is -2.17. The number of hydrogen-bond acceptors (Lipinski definition) is 2. The van der Waals surface area contributed by atoms with E-state index in [-0.39, 0.29) is 0 Å². The van der Waals surface area contributed by atoms with E-state index in [4.69, 9.17) is 0 Å². The Morgan fingerprint density at radius 2 is 1.32 bits per heavy atom. The van der Waals surface area contributed by atoms with E-state index in [9.17, 15) is 0 Å². The van der Waals surface area contributed by atoms with Gasteiger partial charge in [0.15, 0.2) is 0 Å². The van der Waals surface area contributed by atoms with E-state index >= 15 is 0 Å². The molecule has 0 fully saturated rings. The maximum absolute atomic E-state index is 3.14. The minimum atomic E-state index is 0.970. The predicted molar refractivity (Wildman–Crippen MR) is 82.3 cm³/mol. The van der Waals surface area contributed by atoms with Crippen LogP contribution in [0, 0.1) is 6.92 Å². The molecule has 0 saturated heterocycles. The van der Waals surface area contributed by atoms with E-state index in [1.165, 1.54) is 16.7 Å². The van der Waals surface area contributed by atoms with Gasteiger partial charge in [0, 0.05) is 25.8 Å². The van der Waals surface area contributed by atoms with Crippen molar-refractivity contribution in [1.82, 2.24) is 4.90 Å². The van der Waals surface area contributed by atoms with Gasteiger partial charge in [-0.2, -0.15) is 0 Å². The third kappa shape index (κ3) is 4.11. The van der Waals surface area contributed by atoms with Gasteiger partial charge in [0.25, 0.3) is 0 Å². The highest BCUT2D eigenvalue weighted by molar-refractivity contribution is 5.43. The molecule has 0 saturated carbocycles. The van der Waals surface area contributed by atoms with Crippen LogP contribution in [-0.4, -0.2) is 19.0 Å². The summed E-state index contributed by atoms with van der Waals surface area (Å²) in [7, 11) is 4.10. The SMILES string of the molecule is CNc1ccc(CN(C)Cc2ccc(C)cc2)cc1. The second kappa shape index (κ2) is 6.39. The van der Waals surface area contributed by atoms with Crippen molar-refractivity contribution in [2.24, 2.45) is 0 Å². The molecule has 0 aliphatic heterocycles. The van der Waals surface area contributed by atoms with Crippen molar-refractivity contribution in [2.75, 3.05) is 19.4 Å². The molecule has 19 heavy (non-hydrogen) atoms. The number of benzene rings is 2. The van der Waals surface area contributed by atoms with Crippen LogP contribution >= 0.6 is 0 Å². The van der Waals surface area contributed by atoms with Crippen LogP contribution in [0.25, 0.3) is 0 Å². The van der Waals surface area contributed by atoms with Crippen molar-refractivity contribution in [3.8, 4) is 0 Å². The molecule has 0 unspecified atom stereocenters. The van der Waals surface area contributed by atoms with Crippen LogP contribution in [0.15, 0.2) is 48.5 Å². The van der Waals surface area contributed by atoms with Crippen LogP contribution in [0.2, 0.25) is 0 Å². The predicted octanol–water partition coefficient (Wildman–Crippen LogP) is 3.67. The molecule has 2 aromatic rings. The van der Waals surface area contributed by atoms with Crippen LogP contribution in [0.5, 0.6) is 0 Å². The summed E-state index contributed by atoms with van der Waals surface area (Å²) in [5.74, 6) is 0. The largest absolute Gasteiger partial charge is 0.388 e. The van der Waals surface area contributed by atoms with Crippen molar-refractivity contribution in [3.05, 3.63) is 65.2 Å². The van der Waals surface area contributed by atoms with E-state index in [1.807, 2.05) is 7.05 Å². The monoisotopic (exact) mass is 254 g/mol. The summed E-state index contributed by atoms with van der Waals surface area (Å²) in [6.07, 6.45) is 0. The standard InChI is InChI=1S/C17H22N2/c1-14-4-6-15(7-5-14)12-19(3)13-16-8-10-17(18-2)11-9-16/h4-11,18H,12-13H2,1-3H3. The van der Waals surface area contributed by atoms with Crippen LogP contribution in [0.4, 0.5) is 5.69 Å². The van der Waals surface area contributed by atoms with Gasteiger partial charge in [-0.25, -0.2) is 0 Å². The van der Waals surface area contributed by atoms with Gasteiger partial charge < -0.3 is 5.32 Å². The van der Waals surface area contributed by atoms with Gasteiger partial charge in [0.2, 0.25) is 0 Å². The fourth-order valence-corrected chi connectivity index (χ4v) is 2.15. The summed E-state index contributed by atoms with van der Waals surface area (Å²) in [5.41, 5.74) is 5.17. The van der Waals surface area contributed by atoms with Crippen LogP contribution in [0.3, 0.4) is 0 Å². The normalized spacial score (nSPS) is 10.7. The lowest BCUT2D eigenvalue weighted by atomic mass is 10.1. The number of nitrogens with zero attached hydrogens (tertiary/aromatic N) is 1. The highest BCUT2D eigenvalue weighted by Crippen LogP contribution is 2.12. The van der Waals surface area contributed by atoms with Crippen LogP contribution in [-0.2, 0) is 13.1 Å². The molecule has 100 valence electrons. The zero-order valence-corrected chi connectivity index (χ0v) is 12.0. The summed E-state index contributed by atoms with van der Waals surface area (Å²) in [6, 6.07) is 17.3. The highest BCUT2D eigenvalue weighted by atomic mass is 15.1. The third-order valence-corrected chi connectivity index (χ3v) is 3.27. The number of anilines is 1. The zero-order chi connectivity index (χ0) is 13.7. The molecule has 0 aliphatic rings. The molecule has 0 atom stereocenters. The van der Waals surface area contributed by atoms with Gasteiger partial charge in [-0.15, -0.1) is 0 Å². The zero-order valence-electron chi connectivity index (χ0n) is 12.0. The third-order valence-electron chi connectivity index (χ3n) is 3.27. The fraction of sp³-hybridized carbons (Fsp3) is 0.294. The van der Waals surface area contributed by atoms with Crippen molar-refractivity contribution in [3.63, 3.8) is 0 Å². The lowest BCUT2D eigenvalue weighted by Gasteiger charge is -2.17. The van der Waals surface area contributed by atoms with Crippen molar-refractivity contribution in [2.45, 2.75) is 20.0 Å². The first-order valence-corrected chi connectivity index (χ1v) is 6.68. The number of hydrogen-bond donors (Lipinski definition) is 1. The second-order valence-electron chi connectivity index (χ2n) is 5.10. The molecule has 2 heteroatoms. The van der Waals surface area contributed by atoms with Gasteiger partial charge in [0.05, 0.1) is 0 Å². The van der Waals surface area contributed by atoms with E-state index in [0.717, 1.165) is 18.8 Å². The molecule has 0 radical (unpaired) electrons. The highest BCUT2D eigenvalue weighted by Gasteiger charge is 2.02. The Balaban J connectivity index is 1.92.